The van der Waals surface area contributed by atoms with E-state index in [1.54, 1.807) is 4.90 Å². The highest BCUT2D eigenvalue weighted by atomic mass is 19.4. The number of allylic oxidation sites excluding steroid dienone is 3. The number of nitrogens with one attached hydrogen (secondary N) is 1. The Kier molecular flexibility index (Phi) is 4.30. The zero-order chi connectivity index (χ0) is 23.8. The van der Waals surface area contributed by atoms with Crippen molar-refractivity contribution >= 4 is 22.7 Å². The van der Waals surface area contributed by atoms with Crippen LogP contribution in [-0.2, 0) is 6.18 Å². The van der Waals surface area contributed by atoms with Crippen molar-refractivity contribution in [2.24, 2.45) is 0 Å². The van der Waals surface area contributed by atoms with Crippen LogP contribution in [0.4, 0.5) is 35.9 Å². The Balaban J connectivity index is 1.69. The number of ether oxygens (including phenoxy) is 1. The standard InChI is InChI=1S/C27H21F3N2O2/c1-3-6-21-23-14(2)31-16-7-4-8-17-24(16)26(23)25-18(9-5-10-22(25)34-21)32(17)19-13-15(27(28,29)30)11-12-20(19)33/h4-13,26,31,33H,3H2,1-2H3/b21-6+. The molecule has 1 atom stereocenters. The molecule has 6 rings (SSSR count). The minimum atomic E-state index is -4.54. The molecule has 3 aliphatic rings. The quantitative estimate of drug-likeness (QED) is 0.409. The van der Waals surface area contributed by atoms with Gasteiger partial charge in [0.1, 0.15) is 17.3 Å². The highest BCUT2D eigenvalue weighted by Crippen LogP contribution is 2.62. The summed E-state index contributed by atoms with van der Waals surface area (Å²) in [5, 5.41) is 14.2. The second kappa shape index (κ2) is 7.06. The number of anilines is 4. The molecule has 1 unspecified atom stereocenters. The molecule has 3 aromatic rings. The summed E-state index contributed by atoms with van der Waals surface area (Å²) in [4.78, 5) is 1.70. The number of alkyl halides is 3. The third kappa shape index (κ3) is 2.79. The first-order chi connectivity index (χ1) is 16.3. The molecule has 0 spiro atoms. The largest absolute Gasteiger partial charge is 0.506 e. The third-order valence-corrected chi connectivity index (χ3v) is 6.62. The van der Waals surface area contributed by atoms with Crippen LogP contribution in [0.15, 0.2) is 77.7 Å². The van der Waals surface area contributed by atoms with Crippen LogP contribution in [0, 0.1) is 0 Å². The second-order valence-corrected chi connectivity index (χ2v) is 8.64. The van der Waals surface area contributed by atoms with Crippen molar-refractivity contribution in [1.29, 1.82) is 0 Å². The van der Waals surface area contributed by atoms with Crippen molar-refractivity contribution < 1.29 is 23.0 Å². The molecule has 0 fully saturated rings. The average molecular weight is 462 g/mol. The fraction of sp³-hybridized carbons (Fsp3) is 0.185. The van der Waals surface area contributed by atoms with Crippen molar-refractivity contribution in [3.05, 3.63) is 94.4 Å². The third-order valence-electron chi connectivity index (χ3n) is 6.62. The van der Waals surface area contributed by atoms with Crippen molar-refractivity contribution in [2.75, 3.05) is 10.2 Å². The zero-order valence-electron chi connectivity index (χ0n) is 18.5. The van der Waals surface area contributed by atoms with Gasteiger partial charge in [-0.3, -0.25) is 0 Å². The van der Waals surface area contributed by atoms with Gasteiger partial charge in [-0.25, -0.2) is 0 Å². The number of aromatic hydroxyl groups is 1. The molecule has 3 aliphatic heterocycles. The lowest BCUT2D eigenvalue weighted by atomic mass is 9.74. The predicted molar refractivity (Wildman–Crippen MR) is 125 cm³/mol. The van der Waals surface area contributed by atoms with Gasteiger partial charge in [0.25, 0.3) is 0 Å². The summed E-state index contributed by atoms with van der Waals surface area (Å²) in [6, 6.07) is 14.3. The zero-order valence-corrected chi connectivity index (χ0v) is 18.5. The molecular weight excluding hydrogens is 441 g/mol. The first kappa shape index (κ1) is 20.7. The van der Waals surface area contributed by atoms with E-state index in [2.05, 4.69) is 11.4 Å². The normalized spacial score (nSPS) is 19.0. The topological polar surface area (TPSA) is 44.7 Å². The van der Waals surface area contributed by atoms with Gasteiger partial charge in [-0.15, -0.1) is 0 Å². The van der Waals surface area contributed by atoms with Gasteiger partial charge in [-0.05, 0) is 61.9 Å². The van der Waals surface area contributed by atoms with E-state index in [1.807, 2.05) is 50.2 Å². The van der Waals surface area contributed by atoms with E-state index in [9.17, 15) is 18.3 Å². The number of benzene rings is 3. The average Bonchev–Trinajstić information content (AvgIpc) is 2.79. The maximum atomic E-state index is 13.6. The Morgan fingerprint density at radius 2 is 1.76 bits per heavy atom. The van der Waals surface area contributed by atoms with Gasteiger partial charge in [0.2, 0.25) is 0 Å². The molecule has 2 N–H and O–H groups in total. The van der Waals surface area contributed by atoms with Crippen molar-refractivity contribution in [3.8, 4) is 11.5 Å². The Hall–Kier alpha value is -3.87. The Morgan fingerprint density at radius 1 is 1.03 bits per heavy atom. The molecule has 4 nitrogen and oxygen atoms in total. The van der Waals surface area contributed by atoms with Crippen LogP contribution in [0.5, 0.6) is 11.5 Å². The van der Waals surface area contributed by atoms with E-state index < -0.39 is 11.7 Å². The molecule has 0 aromatic heterocycles. The summed E-state index contributed by atoms with van der Waals surface area (Å²) >= 11 is 0. The van der Waals surface area contributed by atoms with E-state index in [4.69, 9.17) is 4.74 Å². The van der Waals surface area contributed by atoms with Gasteiger partial charge >= 0.3 is 6.18 Å². The van der Waals surface area contributed by atoms with Crippen molar-refractivity contribution in [2.45, 2.75) is 32.4 Å². The fourth-order valence-corrected chi connectivity index (χ4v) is 5.29. The van der Waals surface area contributed by atoms with Gasteiger partial charge in [0.15, 0.2) is 0 Å². The Labute approximate surface area is 194 Å². The number of rotatable bonds is 2. The predicted octanol–water partition coefficient (Wildman–Crippen LogP) is 7.71. The fourth-order valence-electron chi connectivity index (χ4n) is 5.29. The van der Waals surface area contributed by atoms with Gasteiger partial charge in [0, 0.05) is 34.0 Å². The number of halogens is 3. The highest BCUT2D eigenvalue weighted by Gasteiger charge is 2.45. The molecule has 7 heteroatoms. The summed E-state index contributed by atoms with van der Waals surface area (Å²) < 4.78 is 47.1. The van der Waals surface area contributed by atoms with Gasteiger partial charge < -0.3 is 20.1 Å². The minimum Gasteiger partial charge on any atom is -0.506 e. The van der Waals surface area contributed by atoms with Crippen LogP contribution in [0.2, 0.25) is 0 Å². The van der Waals surface area contributed by atoms with Crippen LogP contribution >= 0.6 is 0 Å². The van der Waals surface area contributed by atoms with E-state index in [0.29, 0.717) is 11.4 Å². The Morgan fingerprint density at radius 3 is 2.50 bits per heavy atom. The van der Waals surface area contributed by atoms with Crippen LogP contribution in [-0.4, -0.2) is 5.11 Å². The lowest BCUT2D eigenvalue weighted by molar-refractivity contribution is -0.137. The van der Waals surface area contributed by atoms with Crippen molar-refractivity contribution in [1.82, 2.24) is 0 Å². The summed E-state index contributed by atoms with van der Waals surface area (Å²) in [5.74, 6) is 1.09. The first-order valence-electron chi connectivity index (χ1n) is 11.1. The van der Waals surface area contributed by atoms with Gasteiger partial charge in [0.05, 0.1) is 22.6 Å². The van der Waals surface area contributed by atoms with Gasteiger partial charge in [-0.1, -0.05) is 19.1 Å². The maximum Gasteiger partial charge on any atom is 0.416 e. The smallest absolute Gasteiger partial charge is 0.416 e. The molecule has 0 radical (unpaired) electrons. The number of hydrogen-bond donors (Lipinski definition) is 2. The maximum absolute atomic E-state index is 13.6. The molecular formula is C27H21F3N2O2. The minimum absolute atomic E-state index is 0.0674. The summed E-state index contributed by atoms with van der Waals surface area (Å²) in [5.41, 5.74) is 5.36. The second-order valence-electron chi connectivity index (χ2n) is 8.64. The summed E-state index contributed by atoms with van der Waals surface area (Å²) in [6.07, 6.45) is -1.69. The molecule has 172 valence electrons. The van der Waals surface area contributed by atoms with Crippen LogP contribution < -0.4 is 15.0 Å². The van der Waals surface area contributed by atoms with E-state index in [0.717, 1.165) is 64.2 Å². The van der Waals surface area contributed by atoms with E-state index in [-0.39, 0.29) is 17.4 Å². The van der Waals surface area contributed by atoms with Crippen LogP contribution in [0.25, 0.3) is 0 Å². The highest BCUT2D eigenvalue weighted by molar-refractivity contribution is 5.94. The summed E-state index contributed by atoms with van der Waals surface area (Å²) in [7, 11) is 0. The number of phenols is 1. The first-order valence-corrected chi connectivity index (χ1v) is 11.1. The number of phenolic OH excluding ortho intramolecular Hbond substituents is 1. The van der Waals surface area contributed by atoms with E-state index >= 15 is 0 Å². The van der Waals surface area contributed by atoms with E-state index in [1.165, 1.54) is 0 Å². The Bertz CT molecular complexity index is 1420. The summed E-state index contributed by atoms with van der Waals surface area (Å²) in [6.45, 7) is 4.06. The lowest BCUT2D eigenvalue weighted by Gasteiger charge is -2.45. The monoisotopic (exact) mass is 462 g/mol. The van der Waals surface area contributed by atoms with Gasteiger partial charge in [-0.2, -0.15) is 13.2 Å². The molecule has 0 aliphatic carbocycles. The number of hydrogen-bond acceptors (Lipinski definition) is 4. The number of nitrogens with zero attached hydrogens (tertiary/aromatic N) is 1. The van der Waals surface area contributed by atoms with Crippen LogP contribution in [0.1, 0.15) is 42.9 Å². The van der Waals surface area contributed by atoms with Crippen LogP contribution in [0.3, 0.4) is 0 Å². The molecule has 0 saturated carbocycles. The molecule has 0 bridgehead atoms. The lowest BCUT2D eigenvalue weighted by Crippen LogP contribution is -2.31. The molecule has 0 amide bonds. The molecule has 3 heterocycles. The molecule has 3 aromatic carbocycles. The SMILES string of the molecule is CC/C=C1/Oc2cccc3c2C2C1=C(C)Nc1cccc(c12)N3c1cc(C(F)(F)F)ccc1O. The van der Waals surface area contributed by atoms with Crippen molar-refractivity contribution in [3.63, 3.8) is 0 Å². The molecule has 34 heavy (non-hydrogen) atoms. The molecule has 0 saturated heterocycles.